The summed E-state index contributed by atoms with van der Waals surface area (Å²) in [4.78, 5) is 23.2. The van der Waals surface area contributed by atoms with Crippen molar-refractivity contribution in [3.63, 3.8) is 0 Å². The lowest BCUT2D eigenvalue weighted by Crippen LogP contribution is -2.42. The van der Waals surface area contributed by atoms with Crippen molar-refractivity contribution in [1.82, 2.24) is 15.6 Å². The van der Waals surface area contributed by atoms with E-state index in [2.05, 4.69) is 32.7 Å². The number of nitrogens with two attached hydrogens (primary N) is 1. The van der Waals surface area contributed by atoms with Gasteiger partial charge in [-0.25, -0.2) is 9.98 Å². The van der Waals surface area contributed by atoms with Gasteiger partial charge in [-0.05, 0) is 49.9 Å². The first kappa shape index (κ1) is 23.4. The van der Waals surface area contributed by atoms with Gasteiger partial charge in [-0.3, -0.25) is 4.79 Å². The number of benzene rings is 1. The van der Waals surface area contributed by atoms with Crippen LogP contribution in [0.5, 0.6) is 5.75 Å². The number of hydrogen-bond acceptors (Lipinski definition) is 5. The van der Waals surface area contributed by atoms with Gasteiger partial charge in [0.15, 0.2) is 5.96 Å². The zero-order valence-corrected chi connectivity index (χ0v) is 19.0. The van der Waals surface area contributed by atoms with Gasteiger partial charge >= 0.3 is 0 Å². The number of guanidine groups is 1. The number of aliphatic imine (C=N–C) groups is 1. The van der Waals surface area contributed by atoms with Crippen molar-refractivity contribution < 1.29 is 9.53 Å². The first-order valence-corrected chi connectivity index (χ1v) is 11.2. The molecule has 4 N–H and O–H groups in total. The van der Waals surface area contributed by atoms with Crippen LogP contribution in [0, 0.1) is 5.92 Å². The van der Waals surface area contributed by atoms with Gasteiger partial charge in [0.05, 0.1) is 19.6 Å². The lowest BCUT2D eigenvalue weighted by Gasteiger charge is -2.33. The van der Waals surface area contributed by atoms with E-state index in [1.807, 2.05) is 31.2 Å². The Morgan fingerprint density at radius 2 is 2.09 bits per heavy atom. The number of piperidine rings is 1. The standard InChI is InChI=1S/C24H34N6O2/c1-3-26-24(28-14-12-18-8-10-21(32-2)11-9-18)29-16-19-6-4-13-27-23(19)30-15-5-7-20(17-30)22(25)31/h4,6,8-11,13,20H,3,5,7,12,14-17H2,1-2H3,(H2,25,31)(H2,26,28,29). The van der Waals surface area contributed by atoms with Crippen LogP contribution in [-0.2, 0) is 17.8 Å². The number of ether oxygens (including phenoxy) is 1. The van der Waals surface area contributed by atoms with Crippen molar-refractivity contribution in [3.05, 3.63) is 53.7 Å². The summed E-state index contributed by atoms with van der Waals surface area (Å²) in [5, 5.41) is 6.70. The number of nitrogens with one attached hydrogen (secondary N) is 2. The van der Waals surface area contributed by atoms with Crippen LogP contribution in [0.3, 0.4) is 0 Å². The number of anilines is 1. The van der Waals surface area contributed by atoms with Gasteiger partial charge < -0.3 is 26.0 Å². The van der Waals surface area contributed by atoms with Crippen LogP contribution in [0.1, 0.15) is 30.9 Å². The van der Waals surface area contributed by atoms with Crippen molar-refractivity contribution in [1.29, 1.82) is 0 Å². The van der Waals surface area contributed by atoms with Gasteiger partial charge in [0.2, 0.25) is 5.91 Å². The molecule has 1 aromatic carbocycles. The smallest absolute Gasteiger partial charge is 0.222 e. The minimum absolute atomic E-state index is 0.126. The Hall–Kier alpha value is -3.29. The molecule has 1 atom stereocenters. The largest absolute Gasteiger partial charge is 0.497 e. The number of amides is 1. The number of hydrogen-bond donors (Lipinski definition) is 3. The lowest BCUT2D eigenvalue weighted by molar-refractivity contribution is -0.122. The maximum absolute atomic E-state index is 11.7. The van der Waals surface area contributed by atoms with Crippen molar-refractivity contribution in [2.45, 2.75) is 32.7 Å². The number of nitrogens with zero attached hydrogens (tertiary/aromatic N) is 3. The van der Waals surface area contributed by atoms with E-state index in [-0.39, 0.29) is 11.8 Å². The van der Waals surface area contributed by atoms with E-state index in [1.165, 1.54) is 5.56 Å². The molecule has 8 nitrogen and oxygen atoms in total. The average molecular weight is 439 g/mol. The molecule has 0 aliphatic carbocycles. The molecule has 1 amide bonds. The average Bonchev–Trinajstić information content (AvgIpc) is 2.83. The maximum Gasteiger partial charge on any atom is 0.222 e. The fourth-order valence-corrected chi connectivity index (χ4v) is 3.86. The summed E-state index contributed by atoms with van der Waals surface area (Å²) in [5.74, 6) is 2.15. The molecule has 0 radical (unpaired) electrons. The monoisotopic (exact) mass is 438 g/mol. The fraction of sp³-hybridized carbons (Fsp3) is 0.458. The molecule has 1 aliphatic rings. The van der Waals surface area contributed by atoms with Crippen LogP contribution >= 0.6 is 0 Å². The van der Waals surface area contributed by atoms with Crippen molar-refractivity contribution in [2.75, 3.05) is 38.2 Å². The fourth-order valence-electron chi connectivity index (χ4n) is 3.86. The normalized spacial score (nSPS) is 16.5. The zero-order valence-electron chi connectivity index (χ0n) is 19.0. The molecule has 1 saturated heterocycles. The van der Waals surface area contributed by atoms with Gasteiger partial charge in [-0.2, -0.15) is 0 Å². The van der Waals surface area contributed by atoms with Crippen LogP contribution in [0.25, 0.3) is 0 Å². The predicted octanol–water partition coefficient (Wildman–Crippen LogP) is 2.09. The molecule has 0 saturated carbocycles. The Bertz CT molecular complexity index is 900. The summed E-state index contributed by atoms with van der Waals surface area (Å²) in [6, 6.07) is 12.1. The molecule has 2 heterocycles. The molecule has 1 aliphatic heterocycles. The van der Waals surface area contributed by atoms with E-state index in [0.29, 0.717) is 13.1 Å². The molecule has 3 rings (SSSR count). The molecule has 32 heavy (non-hydrogen) atoms. The summed E-state index contributed by atoms with van der Waals surface area (Å²) in [5.41, 5.74) is 7.82. The topological polar surface area (TPSA) is 105 Å². The number of aromatic nitrogens is 1. The molecule has 1 unspecified atom stereocenters. The lowest BCUT2D eigenvalue weighted by atomic mass is 9.97. The molecular formula is C24H34N6O2. The summed E-state index contributed by atoms with van der Waals surface area (Å²) >= 11 is 0. The molecule has 1 aromatic heterocycles. The van der Waals surface area contributed by atoms with E-state index in [4.69, 9.17) is 15.5 Å². The summed E-state index contributed by atoms with van der Waals surface area (Å²) in [6.45, 7) is 5.58. The third kappa shape index (κ3) is 6.60. The number of primary amides is 1. The first-order valence-electron chi connectivity index (χ1n) is 11.2. The Kier molecular flexibility index (Phi) is 8.71. The number of rotatable bonds is 9. The zero-order chi connectivity index (χ0) is 22.8. The Morgan fingerprint density at radius 1 is 1.28 bits per heavy atom. The summed E-state index contributed by atoms with van der Waals surface area (Å²) in [6.07, 6.45) is 4.45. The quantitative estimate of drug-likeness (QED) is 0.409. The first-order chi connectivity index (χ1) is 15.6. The van der Waals surface area contributed by atoms with Crippen LogP contribution < -0.4 is 26.0 Å². The molecule has 8 heteroatoms. The van der Waals surface area contributed by atoms with E-state index in [0.717, 1.165) is 62.0 Å². The highest BCUT2D eigenvalue weighted by Gasteiger charge is 2.25. The minimum Gasteiger partial charge on any atom is -0.497 e. The van der Waals surface area contributed by atoms with Gasteiger partial charge in [0, 0.05) is 37.9 Å². The Labute approximate surface area is 190 Å². The maximum atomic E-state index is 11.7. The van der Waals surface area contributed by atoms with E-state index in [1.54, 1.807) is 13.3 Å². The molecule has 0 bridgehead atoms. The third-order valence-corrected chi connectivity index (χ3v) is 5.61. The van der Waals surface area contributed by atoms with Crippen molar-refractivity contribution >= 4 is 17.7 Å². The number of methoxy groups -OCH3 is 1. The van der Waals surface area contributed by atoms with Crippen LogP contribution in [0.4, 0.5) is 5.82 Å². The van der Waals surface area contributed by atoms with Crippen LogP contribution in [-0.4, -0.2) is 50.1 Å². The highest BCUT2D eigenvalue weighted by Crippen LogP contribution is 2.25. The predicted molar refractivity (Wildman–Crippen MR) is 128 cm³/mol. The van der Waals surface area contributed by atoms with Gasteiger partial charge in [0.1, 0.15) is 11.6 Å². The summed E-state index contributed by atoms with van der Waals surface area (Å²) in [7, 11) is 1.67. The molecule has 1 fully saturated rings. The van der Waals surface area contributed by atoms with Gasteiger partial charge in [-0.15, -0.1) is 0 Å². The number of carbonyl (C=O) groups excluding carboxylic acids is 1. The Balaban J connectivity index is 1.62. The van der Waals surface area contributed by atoms with Crippen LogP contribution in [0.2, 0.25) is 0 Å². The van der Waals surface area contributed by atoms with Crippen molar-refractivity contribution in [3.8, 4) is 5.75 Å². The second-order valence-corrected chi connectivity index (χ2v) is 7.89. The van der Waals surface area contributed by atoms with E-state index >= 15 is 0 Å². The number of pyridine rings is 1. The minimum atomic E-state index is -0.235. The van der Waals surface area contributed by atoms with E-state index in [9.17, 15) is 4.79 Å². The molecule has 0 spiro atoms. The highest BCUT2D eigenvalue weighted by molar-refractivity contribution is 5.80. The highest BCUT2D eigenvalue weighted by atomic mass is 16.5. The molecular weight excluding hydrogens is 404 g/mol. The van der Waals surface area contributed by atoms with Gasteiger partial charge in [0.25, 0.3) is 0 Å². The second-order valence-electron chi connectivity index (χ2n) is 7.89. The SMILES string of the molecule is CCNC(=NCc1cccnc1N1CCCC(C(N)=O)C1)NCCc1ccc(OC)cc1. The third-order valence-electron chi connectivity index (χ3n) is 5.61. The van der Waals surface area contributed by atoms with Crippen molar-refractivity contribution in [2.24, 2.45) is 16.6 Å². The van der Waals surface area contributed by atoms with E-state index < -0.39 is 0 Å². The second kappa shape index (κ2) is 11.9. The Morgan fingerprint density at radius 3 is 2.81 bits per heavy atom. The molecule has 172 valence electrons. The van der Waals surface area contributed by atoms with Gasteiger partial charge in [-0.1, -0.05) is 18.2 Å². The molecule has 2 aromatic rings. The number of carbonyl (C=O) groups is 1. The summed E-state index contributed by atoms with van der Waals surface area (Å²) < 4.78 is 5.21. The van der Waals surface area contributed by atoms with Crippen LogP contribution in [0.15, 0.2) is 47.6 Å².